The van der Waals surface area contributed by atoms with Gasteiger partial charge in [0.05, 0.1) is 17.3 Å². The third kappa shape index (κ3) is 4.18. The molecule has 0 saturated heterocycles. The van der Waals surface area contributed by atoms with Crippen molar-refractivity contribution in [3.8, 4) is 5.75 Å². The Labute approximate surface area is 155 Å². The van der Waals surface area contributed by atoms with Crippen LogP contribution >= 0.6 is 11.3 Å². The number of nitrogens with zero attached hydrogens (tertiary/aromatic N) is 1. The zero-order valence-electron chi connectivity index (χ0n) is 14.5. The Bertz CT molecular complexity index is 952. The van der Waals surface area contributed by atoms with Crippen LogP contribution in [0.25, 0.3) is 10.2 Å². The molecule has 0 bridgehead atoms. The first-order valence-corrected chi connectivity index (χ1v) is 8.97. The van der Waals surface area contributed by atoms with Gasteiger partial charge >= 0.3 is 0 Å². The summed E-state index contributed by atoms with van der Waals surface area (Å²) in [4.78, 5) is 28.6. The van der Waals surface area contributed by atoms with Crippen LogP contribution in [0.1, 0.15) is 22.3 Å². The van der Waals surface area contributed by atoms with Gasteiger partial charge in [0, 0.05) is 18.5 Å². The SMILES string of the molecule is COc1cccc(C(=O)NCCC(=O)Nc2nc3c(C)cccc3s2)c1. The molecule has 1 aromatic heterocycles. The van der Waals surface area contributed by atoms with Gasteiger partial charge in [-0.2, -0.15) is 0 Å². The highest BCUT2D eigenvalue weighted by Crippen LogP contribution is 2.27. The largest absolute Gasteiger partial charge is 0.497 e. The molecule has 0 saturated carbocycles. The van der Waals surface area contributed by atoms with Crippen molar-refractivity contribution in [2.45, 2.75) is 13.3 Å². The number of aromatic nitrogens is 1. The van der Waals surface area contributed by atoms with Crippen LogP contribution < -0.4 is 15.4 Å². The minimum Gasteiger partial charge on any atom is -0.497 e. The molecule has 0 fully saturated rings. The van der Waals surface area contributed by atoms with Crippen molar-refractivity contribution in [2.24, 2.45) is 0 Å². The fourth-order valence-corrected chi connectivity index (χ4v) is 3.44. The number of hydrogen-bond donors (Lipinski definition) is 2. The van der Waals surface area contributed by atoms with Crippen LogP contribution in [0, 0.1) is 6.92 Å². The van der Waals surface area contributed by atoms with Gasteiger partial charge in [0.2, 0.25) is 5.91 Å². The van der Waals surface area contributed by atoms with Gasteiger partial charge in [-0.1, -0.05) is 29.5 Å². The quantitative estimate of drug-likeness (QED) is 0.698. The number of carbonyl (C=O) groups excluding carboxylic acids is 2. The Morgan fingerprint density at radius 2 is 2.00 bits per heavy atom. The number of anilines is 1. The van der Waals surface area contributed by atoms with Gasteiger partial charge in [-0.3, -0.25) is 9.59 Å². The Morgan fingerprint density at radius 3 is 2.77 bits per heavy atom. The predicted molar refractivity (Wildman–Crippen MR) is 103 cm³/mol. The Balaban J connectivity index is 1.52. The molecule has 0 spiro atoms. The summed E-state index contributed by atoms with van der Waals surface area (Å²) >= 11 is 1.44. The molecule has 2 aromatic carbocycles. The monoisotopic (exact) mass is 369 g/mol. The highest BCUT2D eigenvalue weighted by atomic mass is 32.1. The van der Waals surface area contributed by atoms with Gasteiger partial charge in [0.25, 0.3) is 5.91 Å². The molecule has 0 unspecified atom stereocenters. The van der Waals surface area contributed by atoms with Gasteiger partial charge in [-0.05, 0) is 36.8 Å². The van der Waals surface area contributed by atoms with Crippen LogP contribution in [0.15, 0.2) is 42.5 Å². The van der Waals surface area contributed by atoms with E-state index in [2.05, 4.69) is 15.6 Å². The third-order valence-electron chi connectivity index (χ3n) is 3.84. The summed E-state index contributed by atoms with van der Waals surface area (Å²) in [5, 5.41) is 6.09. The number of methoxy groups -OCH3 is 1. The molecule has 0 aliphatic heterocycles. The zero-order chi connectivity index (χ0) is 18.5. The summed E-state index contributed by atoms with van der Waals surface area (Å²) in [7, 11) is 1.55. The second-order valence-corrected chi connectivity index (χ2v) is 6.76. The van der Waals surface area contributed by atoms with E-state index in [9.17, 15) is 9.59 Å². The highest BCUT2D eigenvalue weighted by Gasteiger charge is 2.10. The lowest BCUT2D eigenvalue weighted by atomic mass is 10.2. The van der Waals surface area contributed by atoms with Crippen molar-refractivity contribution in [1.82, 2.24) is 10.3 Å². The molecule has 0 aliphatic carbocycles. The smallest absolute Gasteiger partial charge is 0.251 e. The van der Waals surface area contributed by atoms with Crippen LogP contribution in [0.3, 0.4) is 0 Å². The molecular weight excluding hydrogens is 350 g/mol. The third-order valence-corrected chi connectivity index (χ3v) is 4.77. The van der Waals surface area contributed by atoms with Crippen LogP contribution in [-0.2, 0) is 4.79 Å². The van der Waals surface area contributed by atoms with Crippen molar-refractivity contribution in [2.75, 3.05) is 19.0 Å². The summed E-state index contributed by atoms with van der Waals surface area (Å²) in [5.41, 5.74) is 2.47. The average molecular weight is 369 g/mol. The summed E-state index contributed by atoms with van der Waals surface area (Å²) in [5.74, 6) is 0.182. The lowest BCUT2D eigenvalue weighted by molar-refractivity contribution is -0.116. The maximum absolute atomic E-state index is 12.1. The van der Waals surface area contributed by atoms with E-state index in [0.717, 1.165) is 15.8 Å². The molecule has 26 heavy (non-hydrogen) atoms. The molecule has 3 rings (SSSR count). The number of para-hydroxylation sites is 1. The molecule has 2 N–H and O–H groups in total. The van der Waals surface area contributed by atoms with E-state index in [4.69, 9.17) is 4.74 Å². The maximum Gasteiger partial charge on any atom is 0.251 e. The van der Waals surface area contributed by atoms with Crippen molar-refractivity contribution in [3.05, 3.63) is 53.6 Å². The number of ether oxygens (including phenoxy) is 1. The van der Waals surface area contributed by atoms with Crippen molar-refractivity contribution < 1.29 is 14.3 Å². The normalized spacial score (nSPS) is 10.5. The predicted octanol–water partition coefficient (Wildman–Crippen LogP) is 3.37. The first kappa shape index (κ1) is 17.9. The lowest BCUT2D eigenvalue weighted by Crippen LogP contribution is -2.27. The number of amides is 2. The molecule has 7 heteroatoms. The summed E-state index contributed by atoms with van der Waals surface area (Å²) < 4.78 is 6.13. The molecule has 1 heterocycles. The second-order valence-electron chi connectivity index (χ2n) is 5.73. The maximum atomic E-state index is 12.1. The van der Waals surface area contributed by atoms with Crippen molar-refractivity contribution in [3.63, 3.8) is 0 Å². The van der Waals surface area contributed by atoms with E-state index >= 15 is 0 Å². The standard InChI is InChI=1S/C19H19N3O3S/c1-12-5-3-8-15-17(12)22-19(26-15)21-16(23)9-10-20-18(24)13-6-4-7-14(11-13)25-2/h3-8,11H,9-10H2,1-2H3,(H,20,24)(H,21,22,23). The van der Waals surface area contributed by atoms with Crippen LogP contribution in [-0.4, -0.2) is 30.5 Å². The summed E-state index contributed by atoms with van der Waals surface area (Å²) in [6.07, 6.45) is 0.171. The Morgan fingerprint density at radius 1 is 1.19 bits per heavy atom. The first-order chi connectivity index (χ1) is 12.6. The zero-order valence-corrected chi connectivity index (χ0v) is 15.4. The molecule has 134 valence electrons. The fourth-order valence-electron chi connectivity index (χ4n) is 2.48. The molecule has 3 aromatic rings. The van der Waals surface area contributed by atoms with Gasteiger partial charge < -0.3 is 15.4 Å². The topological polar surface area (TPSA) is 80.3 Å². The summed E-state index contributed by atoms with van der Waals surface area (Å²) in [6, 6.07) is 12.8. The van der Waals surface area contributed by atoms with E-state index in [0.29, 0.717) is 16.4 Å². The van der Waals surface area contributed by atoms with E-state index in [1.807, 2.05) is 25.1 Å². The lowest BCUT2D eigenvalue weighted by Gasteiger charge is -2.06. The first-order valence-electron chi connectivity index (χ1n) is 8.15. The number of hydrogen-bond acceptors (Lipinski definition) is 5. The number of aryl methyl sites for hydroxylation is 1. The summed E-state index contributed by atoms with van der Waals surface area (Å²) in [6.45, 7) is 2.23. The van der Waals surface area contributed by atoms with Crippen LogP contribution in [0.5, 0.6) is 5.75 Å². The van der Waals surface area contributed by atoms with E-state index < -0.39 is 0 Å². The van der Waals surface area contributed by atoms with E-state index in [1.54, 1.807) is 31.4 Å². The van der Waals surface area contributed by atoms with Crippen LogP contribution in [0.4, 0.5) is 5.13 Å². The minimum absolute atomic E-state index is 0.171. The molecule has 2 amide bonds. The van der Waals surface area contributed by atoms with Crippen LogP contribution in [0.2, 0.25) is 0 Å². The van der Waals surface area contributed by atoms with E-state index in [1.165, 1.54) is 11.3 Å². The van der Waals surface area contributed by atoms with Crippen molar-refractivity contribution >= 4 is 38.5 Å². The molecule has 0 radical (unpaired) electrons. The molecule has 6 nitrogen and oxygen atoms in total. The Hall–Kier alpha value is -2.93. The number of benzene rings is 2. The number of rotatable bonds is 6. The van der Waals surface area contributed by atoms with Gasteiger partial charge in [-0.15, -0.1) is 0 Å². The minimum atomic E-state index is -0.243. The highest BCUT2D eigenvalue weighted by molar-refractivity contribution is 7.22. The molecule has 0 aliphatic rings. The number of thiazole rings is 1. The van der Waals surface area contributed by atoms with Gasteiger partial charge in [0.1, 0.15) is 5.75 Å². The molecule has 0 atom stereocenters. The second kappa shape index (κ2) is 7.97. The van der Waals surface area contributed by atoms with Crippen molar-refractivity contribution in [1.29, 1.82) is 0 Å². The number of fused-ring (bicyclic) bond motifs is 1. The average Bonchev–Trinajstić information content (AvgIpc) is 3.05. The Kier molecular flexibility index (Phi) is 5.48. The van der Waals surface area contributed by atoms with Gasteiger partial charge in [0.15, 0.2) is 5.13 Å². The number of carbonyl (C=O) groups is 2. The fraction of sp³-hybridized carbons (Fsp3) is 0.211. The number of nitrogens with one attached hydrogen (secondary N) is 2. The van der Waals surface area contributed by atoms with E-state index in [-0.39, 0.29) is 24.8 Å². The molecular formula is C19H19N3O3S. The van der Waals surface area contributed by atoms with Gasteiger partial charge in [-0.25, -0.2) is 4.98 Å².